The number of hydrogen-bond donors (Lipinski definition) is 2. The molecule has 0 saturated heterocycles. The Morgan fingerprint density at radius 1 is 1.57 bits per heavy atom. The quantitative estimate of drug-likeness (QED) is 0.756. The van der Waals surface area contributed by atoms with Crippen molar-refractivity contribution in [2.75, 3.05) is 19.4 Å². The molecule has 0 unspecified atom stereocenters. The minimum absolute atomic E-state index is 0.0747. The lowest BCUT2D eigenvalue weighted by molar-refractivity contribution is 0.0822. The van der Waals surface area contributed by atoms with E-state index in [4.69, 9.17) is 0 Å². The number of carbonyl (C=O) groups excluding carboxylic acids is 1. The van der Waals surface area contributed by atoms with Crippen LogP contribution in [0.5, 0.6) is 0 Å². The van der Waals surface area contributed by atoms with Gasteiger partial charge >= 0.3 is 0 Å². The van der Waals surface area contributed by atoms with E-state index in [9.17, 15) is 4.79 Å². The van der Waals surface area contributed by atoms with E-state index in [1.807, 2.05) is 13.8 Å². The highest BCUT2D eigenvalue weighted by Crippen LogP contribution is 2.07. The van der Waals surface area contributed by atoms with Crippen LogP contribution in [0.15, 0.2) is 6.07 Å². The predicted molar refractivity (Wildman–Crippen MR) is 55.4 cm³/mol. The SMILES string of the molecule is CC(C)Nc1cc(C(=O)N(C)C)[nH]n1. The van der Waals surface area contributed by atoms with E-state index in [0.29, 0.717) is 17.6 Å². The van der Waals surface area contributed by atoms with Gasteiger partial charge in [0.05, 0.1) is 0 Å². The molecule has 0 spiro atoms. The molecule has 0 aliphatic rings. The lowest BCUT2D eigenvalue weighted by Gasteiger charge is -2.07. The van der Waals surface area contributed by atoms with Crippen LogP contribution in [-0.4, -0.2) is 41.1 Å². The molecule has 1 aromatic rings. The Hall–Kier alpha value is -1.52. The van der Waals surface area contributed by atoms with Crippen molar-refractivity contribution in [3.63, 3.8) is 0 Å². The zero-order valence-electron chi connectivity index (χ0n) is 8.96. The summed E-state index contributed by atoms with van der Waals surface area (Å²) in [7, 11) is 3.41. The molecule has 0 aromatic carbocycles. The van der Waals surface area contributed by atoms with Gasteiger partial charge in [-0.05, 0) is 13.8 Å². The standard InChI is InChI=1S/C9H16N4O/c1-6(2)10-8-5-7(11-12-8)9(14)13(3)4/h5-6H,1-4H3,(H2,10,11,12). The number of aromatic nitrogens is 2. The first-order valence-corrected chi connectivity index (χ1v) is 4.54. The Bertz CT molecular complexity index is 316. The van der Waals surface area contributed by atoms with E-state index in [1.54, 1.807) is 20.2 Å². The molecular weight excluding hydrogens is 180 g/mol. The van der Waals surface area contributed by atoms with Crippen LogP contribution in [0.4, 0.5) is 5.82 Å². The van der Waals surface area contributed by atoms with Crippen LogP contribution in [0, 0.1) is 0 Å². The molecule has 14 heavy (non-hydrogen) atoms. The Labute approximate surface area is 83.5 Å². The van der Waals surface area contributed by atoms with Crippen LogP contribution in [0.2, 0.25) is 0 Å². The number of aromatic amines is 1. The summed E-state index contributed by atoms with van der Waals surface area (Å²) in [6.45, 7) is 4.03. The maximum absolute atomic E-state index is 11.5. The smallest absolute Gasteiger partial charge is 0.271 e. The van der Waals surface area contributed by atoms with Crippen LogP contribution < -0.4 is 5.32 Å². The van der Waals surface area contributed by atoms with Crippen molar-refractivity contribution in [2.45, 2.75) is 19.9 Å². The summed E-state index contributed by atoms with van der Waals surface area (Å²) in [5, 5.41) is 9.77. The molecular formula is C9H16N4O. The van der Waals surface area contributed by atoms with Gasteiger partial charge in [-0.15, -0.1) is 0 Å². The average Bonchev–Trinajstić information content (AvgIpc) is 2.50. The lowest BCUT2D eigenvalue weighted by Crippen LogP contribution is -2.21. The highest BCUT2D eigenvalue weighted by molar-refractivity contribution is 5.92. The number of rotatable bonds is 3. The molecule has 0 aliphatic heterocycles. The van der Waals surface area contributed by atoms with E-state index in [-0.39, 0.29) is 5.91 Å². The molecule has 0 aliphatic carbocycles. The fourth-order valence-electron chi connectivity index (χ4n) is 1.04. The number of nitrogens with one attached hydrogen (secondary N) is 2. The fraction of sp³-hybridized carbons (Fsp3) is 0.556. The number of carbonyl (C=O) groups is 1. The van der Waals surface area contributed by atoms with Gasteiger partial charge in [0.1, 0.15) is 11.5 Å². The summed E-state index contributed by atoms with van der Waals surface area (Å²) in [4.78, 5) is 13.0. The monoisotopic (exact) mass is 196 g/mol. The van der Waals surface area contributed by atoms with Crippen molar-refractivity contribution < 1.29 is 4.79 Å². The van der Waals surface area contributed by atoms with E-state index in [2.05, 4.69) is 15.5 Å². The summed E-state index contributed by atoms with van der Waals surface area (Å²) >= 11 is 0. The van der Waals surface area contributed by atoms with Gasteiger partial charge in [-0.3, -0.25) is 9.89 Å². The zero-order valence-corrected chi connectivity index (χ0v) is 8.96. The molecule has 2 N–H and O–H groups in total. The number of anilines is 1. The normalized spacial score (nSPS) is 10.4. The van der Waals surface area contributed by atoms with Gasteiger partial charge < -0.3 is 10.2 Å². The average molecular weight is 196 g/mol. The van der Waals surface area contributed by atoms with Gasteiger partial charge in [0.15, 0.2) is 0 Å². The third-order valence-corrected chi connectivity index (χ3v) is 1.65. The van der Waals surface area contributed by atoms with Gasteiger partial charge in [0, 0.05) is 26.2 Å². The molecule has 0 saturated carbocycles. The maximum Gasteiger partial charge on any atom is 0.271 e. The van der Waals surface area contributed by atoms with Crippen LogP contribution in [-0.2, 0) is 0 Å². The molecule has 0 radical (unpaired) electrons. The summed E-state index contributed by atoms with van der Waals surface area (Å²) in [5.74, 6) is 0.625. The van der Waals surface area contributed by atoms with E-state index in [0.717, 1.165) is 0 Å². The molecule has 1 amide bonds. The summed E-state index contributed by atoms with van der Waals surface area (Å²) < 4.78 is 0. The van der Waals surface area contributed by atoms with Gasteiger partial charge in [-0.25, -0.2) is 0 Å². The van der Waals surface area contributed by atoms with E-state index >= 15 is 0 Å². The van der Waals surface area contributed by atoms with Gasteiger partial charge in [-0.1, -0.05) is 0 Å². The molecule has 78 valence electrons. The molecule has 0 bridgehead atoms. The first-order chi connectivity index (χ1) is 6.50. The highest BCUT2D eigenvalue weighted by atomic mass is 16.2. The Morgan fingerprint density at radius 3 is 2.71 bits per heavy atom. The first kappa shape index (κ1) is 10.6. The number of H-pyrrole nitrogens is 1. The van der Waals surface area contributed by atoms with Gasteiger partial charge in [0.2, 0.25) is 0 Å². The maximum atomic E-state index is 11.5. The number of nitrogens with zero attached hydrogens (tertiary/aromatic N) is 2. The minimum atomic E-state index is -0.0747. The molecule has 5 nitrogen and oxygen atoms in total. The molecule has 0 fully saturated rings. The predicted octanol–water partition coefficient (Wildman–Crippen LogP) is 0.932. The molecule has 1 rings (SSSR count). The highest BCUT2D eigenvalue weighted by Gasteiger charge is 2.11. The van der Waals surface area contributed by atoms with Crippen LogP contribution in [0.25, 0.3) is 0 Å². The molecule has 5 heteroatoms. The van der Waals surface area contributed by atoms with Crippen molar-refractivity contribution >= 4 is 11.7 Å². The van der Waals surface area contributed by atoms with Crippen molar-refractivity contribution in [3.05, 3.63) is 11.8 Å². The number of hydrogen-bond acceptors (Lipinski definition) is 3. The molecule has 1 aromatic heterocycles. The lowest BCUT2D eigenvalue weighted by atomic mass is 10.3. The van der Waals surface area contributed by atoms with Crippen LogP contribution in [0.3, 0.4) is 0 Å². The summed E-state index contributed by atoms with van der Waals surface area (Å²) in [5.41, 5.74) is 0.498. The van der Waals surface area contributed by atoms with Crippen molar-refractivity contribution in [3.8, 4) is 0 Å². The first-order valence-electron chi connectivity index (χ1n) is 4.54. The molecule has 1 heterocycles. The van der Waals surface area contributed by atoms with Crippen molar-refractivity contribution in [1.29, 1.82) is 0 Å². The fourth-order valence-corrected chi connectivity index (χ4v) is 1.04. The van der Waals surface area contributed by atoms with E-state index in [1.165, 1.54) is 4.90 Å². The minimum Gasteiger partial charge on any atom is -0.366 e. The number of amides is 1. The van der Waals surface area contributed by atoms with Gasteiger partial charge in [-0.2, -0.15) is 5.10 Å². The van der Waals surface area contributed by atoms with Crippen LogP contribution in [0.1, 0.15) is 24.3 Å². The largest absolute Gasteiger partial charge is 0.366 e. The topological polar surface area (TPSA) is 61.0 Å². The van der Waals surface area contributed by atoms with E-state index < -0.39 is 0 Å². The Kier molecular flexibility index (Phi) is 3.11. The Morgan fingerprint density at radius 2 is 2.21 bits per heavy atom. The second-order valence-electron chi connectivity index (χ2n) is 3.67. The Balaban J connectivity index is 2.73. The third kappa shape index (κ3) is 2.48. The second kappa shape index (κ2) is 4.13. The van der Waals surface area contributed by atoms with Gasteiger partial charge in [0.25, 0.3) is 5.91 Å². The third-order valence-electron chi connectivity index (χ3n) is 1.65. The zero-order chi connectivity index (χ0) is 10.7. The summed E-state index contributed by atoms with van der Waals surface area (Å²) in [6, 6.07) is 2.02. The van der Waals surface area contributed by atoms with Crippen LogP contribution >= 0.6 is 0 Å². The second-order valence-corrected chi connectivity index (χ2v) is 3.67. The summed E-state index contributed by atoms with van der Waals surface area (Å²) in [6.07, 6.45) is 0. The van der Waals surface area contributed by atoms with Crippen molar-refractivity contribution in [2.24, 2.45) is 0 Å². The molecule has 0 atom stereocenters. The van der Waals surface area contributed by atoms with Crippen molar-refractivity contribution in [1.82, 2.24) is 15.1 Å².